The number of hydrogen-bond acceptors (Lipinski definition) is 3. The van der Waals surface area contributed by atoms with Gasteiger partial charge < -0.3 is 11.1 Å². The Labute approximate surface area is 112 Å². The molecule has 0 unspecified atom stereocenters. The van der Waals surface area contributed by atoms with E-state index in [1.165, 1.54) is 5.39 Å². The number of benzene rings is 2. The zero-order valence-corrected chi connectivity index (χ0v) is 10.7. The van der Waals surface area contributed by atoms with Gasteiger partial charge in [0.2, 0.25) is 0 Å². The molecule has 0 atom stereocenters. The van der Waals surface area contributed by atoms with Crippen LogP contribution in [0.5, 0.6) is 0 Å². The lowest BCUT2D eigenvalue weighted by atomic mass is 10.1. The molecule has 3 nitrogen and oxygen atoms in total. The van der Waals surface area contributed by atoms with E-state index in [1.807, 2.05) is 43.5 Å². The van der Waals surface area contributed by atoms with Gasteiger partial charge in [-0.1, -0.05) is 12.1 Å². The quantitative estimate of drug-likeness (QED) is 0.678. The molecule has 0 aliphatic heterocycles. The van der Waals surface area contributed by atoms with Crippen LogP contribution in [0.4, 0.5) is 17.1 Å². The number of pyridine rings is 1. The van der Waals surface area contributed by atoms with Crippen molar-refractivity contribution in [1.82, 2.24) is 4.98 Å². The lowest BCUT2D eigenvalue weighted by Gasteiger charge is -2.12. The van der Waals surface area contributed by atoms with Crippen molar-refractivity contribution in [2.45, 2.75) is 6.92 Å². The molecule has 3 aromatic rings. The predicted octanol–water partition coefficient (Wildman–Crippen LogP) is 3.87. The van der Waals surface area contributed by atoms with Crippen molar-refractivity contribution in [3.05, 3.63) is 60.4 Å². The van der Waals surface area contributed by atoms with Gasteiger partial charge in [0.25, 0.3) is 0 Å². The number of rotatable bonds is 2. The molecule has 19 heavy (non-hydrogen) atoms. The molecule has 0 spiro atoms. The Balaban J connectivity index is 2.06. The number of nitrogens with two attached hydrogens (primary N) is 1. The number of hydrogen-bond donors (Lipinski definition) is 2. The molecule has 2 aromatic carbocycles. The van der Waals surface area contributed by atoms with Gasteiger partial charge in [-0.15, -0.1) is 0 Å². The van der Waals surface area contributed by atoms with Gasteiger partial charge in [-0.3, -0.25) is 4.98 Å². The zero-order chi connectivity index (χ0) is 13.2. The summed E-state index contributed by atoms with van der Waals surface area (Å²) >= 11 is 0. The lowest BCUT2D eigenvalue weighted by Crippen LogP contribution is -1.95. The number of aromatic nitrogens is 1. The van der Waals surface area contributed by atoms with Gasteiger partial charge in [0.05, 0.1) is 0 Å². The fourth-order valence-corrected chi connectivity index (χ4v) is 2.19. The monoisotopic (exact) mass is 249 g/mol. The van der Waals surface area contributed by atoms with Crippen LogP contribution in [0.2, 0.25) is 0 Å². The first-order valence-corrected chi connectivity index (χ1v) is 6.20. The molecular weight excluding hydrogens is 234 g/mol. The summed E-state index contributed by atoms with van der Waals surface area (Å²) in [6.45, 7) is 2.04. The summed E-state index contributed by atoms with van der Waals surface area (Å²) in [5.74, 6) is 0. The van der Waals surface area contributed by atoms with Crippen molar-refractivity contribution in [1.29, 1.82) is 0 Å². The van der Waals surface area contributed by atoms with Crippen molar-refractivity contribution in [2.75, 3.05) is 11.1 Å². The van der Waals surface area contributed by atoms with E-state index in [1.54, 1.807) is 6.20 Å². The molecule has 1 aromatic heterocycles. The third-order valence-corrected chi connectivity index (χ3v) is 3.20. The zero-order valence-electron chi connectivity index (χ0n) is 10.7. The second-order valence-corrected chi connectivity index (χ2v) is 4.60. The second-order valence-electron chi connectivity index (χ2n) is 4.60. The van der Waals surface area contributed by atoms with E-state index < -0.39 is 0 Å². The van der Waals surface area contributed by atoms with E-state index in [-0.39, 0.29) is 0 Å². The molecule has 0 saturated carbocycles. The van der Waals surface area contributed by atoms with Crippen molar-refractivity contribution >= 4 is 27.8 Å². The molecular formula is C16H15N3. The van der Waals surface area contributed by atoms with Gasteiger partial charge in [0.1, 0.15) is 0 Å². The lowest BCUT2D eigenvalue weighted by molar-refractivity contribution is 1.36. The van der Waals surface area contributed by atoms with Gasteiger partial charge in [0.15, 0.2) is 0 Å². The Kier molecular flexibility index (Phi) is 2.80. The summed E-state index contributed by atoms with van der Waals surface area (Å²) in [5, 5.41) is 5.73. The highest BCUT2D eigenvalue weighted by molar-refractivity contribution is 5.94. The molecule has 0 bridgehead atoms. The number of aryl methyl sites for hydroxylation is 1. The van der Waals surface area contributed by atoms with Crippen LogP contribution in [0.3, 0.4) is 0 Å². The first-order valence-electron chi connectivity index (χ1n) is 6.20. The average molecular weight is 249 g/mol. The van der Waals surface area contributed by atoms with Crippen LogP contribution >= 0.6 is 0 Å². The molecule has 0 aliphatic rings. The topological polar surface area (TPSA) is 50.9 Å². The minimum absolute atomic E-state index is 0.780. The standard InChI is InChI=1S/C16H15N3/c1-11-9-13(17)5-6-15(11)19-16-4-2-3-12-7-8-18-10-14(12)16/h2-10,19H,17H2,1H3. The van der Waals surface area contributed by atoms with Gasteiger partial charge >= 0.3 is 0 Å². The van der Waals surface area contributed by atoms with Gasteiger partial charge in [-0.25, -0.2) is 0 Å². The summed E-state index contributed by atoms with van der Waals surface area (Å²) in [6.07, 6.45) is 3.69. The Morgan fingerprint density at radius 1 is 1.05 bits per heavy atom. The number of nitrogen functional groups attached to an aromatic ring is 1. The van der Waals surface area contributed by atoms with Crippen LogP contribution in [-0.2, 0) is 0 Å². The molecule has 0 radical (unpaired) electrons. The van der Waals surface area contributed by atoms with Gasteiger partial charge in [-0.05, 0) is 48.2 Å². The van der Waals surface area contributed by atoms with Crippen LogP contribution in [0, 0.1) is 6.92 Å². The molecule has 1 heterocycles. The predicted molar refractivity (Wildman–Crippen MR) is 80.6 cm³/mol. The summed E-state index contributed by atoms with van der Waals surface area (Å²) in [4.78, 5) is 4.19. The maximum absolute atomic E-state index is 5.77. The summed E-state index contributed by atoms with van der Waals surface area (Å²) in [6, 6.07) is 14.1. The number of fused-ring (bicyclic) bond motifs is 1. The van der Waals surface area contributed by atoms with Crippen LogP contribution < -0.4 is 11.1 Å². The van der Waals surface area contributed by atoms with Crippen molar-refractivity contribution < 1.29 is 0 Å². The summed E-state index contributed by atoms with van der Waals surface area (Å²) < 4.78 is 0. The second kappa shape index (κ2) is 4.61. The van der Waals surface area contributed by atoms with Crippen LogP contribution in [-0.4, -0.2) is 4.98 Å². The maximum atomic E-state index is 5.77. The third kappa shape index (κ3) is 2.22. The van der Waals surface area contributed by atoms with E-state index in [0.717, 1.165) is 28.0 Å². The van der Waals surface area contributed by atoms with E-state index in [2.05, 4.69) is 22.4 Å². The summed E-state index contributed by atoms with van der Waals surface area (Å²) in [7, 11) is 0. The van der Waals surface area contributed by atoms with Crippen molar-refractivity contribution in [2.24, 2.45) is 0 Å². The molecule has 0 amide bonds. The van der Waals surface area contributed by atoms with E-state index >= 15 is 0 Å². The minimum atomic E-state index is 0.780. The Bertz CT molecular complexity index is 730. The average Bonchev–Trinajstić information content (AvgIpc) is 2.42. The highest BCUT2D eigenvalue weighted by Gasteiger charge is 2.03. The van der Waals surface area contributed by atoms with E-state index in [9.17, 15) is 0 Å². The molecule has 3 heteroatoms. The normalized spacial score (nSPS) is 10.6. The molecule has 3 N–H and O–H groups in total. The highest BCUT2D eigenvalue weighted by Crippen LogP contribution is 2.27. The molecule has 0 aliphatic carbocycles. The molecule has 0 saturated heterocycles. The van der Waals surface area contributed by atoms with Crippen LogP contribution in [0.15, 0.2) is 54.9 Å². The van der Waals surface area contributed by atoms with E-state index in [4.69, 9.17) is 5.73 Å². The smallest absolute Gasteiger partial charge is 0.0479 e. The third-order valence-electron chi connectivity index (χ3n) is 3.20. The number of nitrogens with zero attached hydrogens (tertiary/aromatic N) is 1. The highest BCUT2D eigenvalue weighted by atomic mass is 14.9. The first-order chi connectivity index (χ1) is 9.24. The molecule has 3 rings (SSSR count). The fraction of sp³-hybridized carbons (Fsp3) is 0.0625. The number of anilines is 3. The van der Waals surface area contributed by atoms with Gasteiger partial charge in [0, 0.05) is 34.8 Å². The Morgan fingerprint density at radius 2 is 1.95 bits per heavy atom. The minimum Gasteiger partial charge on any atom is -0.399 e. The Morgan fingerprint density at radius 3 is 2.79 bits per heavy atom. The summed E-state index contributed by atoms with van der Waals surface area (Å²) in [5.41, 5.74) is 9.79. The molecule has 0 fully saturated rings. The van der Waals surface area contributed by atoms with Crippen molar-refractivity contribution in [3.63, 3.8) is 0 Å². The van der Waals surface area contributed by atoms with E-state index in [0.29, 0.717) is 0 Å². The Hall–Kier alpha value is -2.55. The SMILES string of the molecule is Cc1cc(N)ccc1Nc1cccc2ccncc12. The van der Waals surface area contributed by atoms with Crippen LogP contribution in [0.1, 0.15) is 5.56 Å². The maximum Gasteiger partial charge on any atom is 0.0479 e. The fourth-order valence-electron chi connectivity index (χ4n) is 2.19. The largest absolute Gasteiger partial charge is 0.399 e. The van der Waals surface area contributed by atoms with Crippen molar-refractivity contribution in [3.8, 4) is 0 Å². The first kappa shape index (κ1) is 11.5. The van der Waals surface area contributed by atoms with Crippen LogP contribution in [0.25, 0.3) is 10.8 Å². The van der Waals surface area contributed by atoms with Gasteiger partial charge in [-0.2, -0.15) is 0 Å². The molecule has 94 valence electrons. The number of nitrogens with one attached hydrogen (secondary N) is 1.